The van der Waals surface area contributed by atoms with E-state index in [1.807, 2.05) is 36.0 Å². The first-order valence-corrected chi connectivity index (χ1v) is 40.9. The van der Waals surface area contributed by atoms with E-state index in [0.717, 1.165) is 114 Å². The maximum atomic E-state index is 15.4. The van der Waals surface area contributed by atoms with Crippen molar-refractivity contribution in [3.63, 3.8) is 0 Å². The van der Waals surface area contributed by atoms with E-state index >= 15 is 13.2 Å². The number of aromatic nitrogens is 10. The molecule has 125 heavy (non-hydrogen) atoms. The zero-order valence-corrected chi connectivity index (χ0v) is 69.1. The zero-order valence-electron chi connectivity index (χ0n) is 69.1. The molecule has 6 aliphatic rings. The van der Waals surface area contributed by atoms with Gasteiger partial charge in [-0.25, -0.2) is 61.2 Å². The second kappa shape index (κ2) is 36.4. The summed E-state index contributed by atoms with van der Waals surface area (Å²) in [5.41, 5.74) is 3.13. The number of likely N-dealkylation sites (N-methyl/N-ethyl adjacent to an activating group) is 3. The van der Waals surface area contributed by atoms with Gasteiger partial charge in [-0.2, -0.15) is 13.2 Å². The van der Waals surface area contributed by atoms with E-state index < -0.39 is 70.0 Å². The van der Waals surface area contributed by atoms with E-state index in [1.165, 1.54) is 47.9 Å². The van der Waals surface area contributed by atoms with Crippen LogP contribution in [0.1, 0.15) is 94.5 Å². The van der Waals surface area contributed by atoms with Crippen molar-refractivity contribution in [2.75, 3.05) is 155 Å². The van der Waals surface area contributed by atoms with Gasteiger partial charge in [0.25, 0.3) is 23.6 Å². The van der Waals surface area contributed by atoms with Crippen molar-refractivity contribution in [2.45, 2.75) is 59.3 Å². The Labute approximate surface area is 710 Å². The van der Waals surface area contributed by atoms with Gasteiger partial charge in [0.15, 0.2) is 69.6 Å². The van der Waals surface area contributed by atoms with Crippen LogP contribution in [0.25, 0.3) is 32.7 Å². The Balaban J connectivity index is 0.000000139. The van der Waals surface area contributed by atoms with E-state index in [-0.39, 0.29) is 120 Å². The third kappa shape index (κ3) is 18.9. The topological polar surface area (TPSA) is 299 Å². The summed E-state index contributed by atoms with van der Waals surface area (Å²) < 4.78 is 150. The molecule has 38 heteroatoms. The van der Waals surface area contributed by atoms with E-state index in [0.29, 0.717) is 99.6 Å². The normalized spacial score (nSPS) is 16.1. The first-order valence-electron chi connectivity index (χ1n) is 40.9. The van der Waals surface area contributed by atoms with E-state index in [2.05, 4.69) is 92.4 Å². The number of hydrogen-bond donors (Lipinski definition) is 6. The van der Waals surface area contributed by atoms with Gasteiger partial charge in [-0.3, -0.25) is 29.0 Å². The molecule has 652 valence electrons. The molecular weight excluding hydrogens is 1640 g/mol. The lowest BCUT2D eigenvalue weighted by Crippen LogP contribution is -2.47. The summed E-state index contributed by atoms with van der Waals surface area (Å²) in [6.45, 7) is 19.0. The number of rotatable bonds is 20. The van der Waals surface area contributed by atoms with Crippen LogP contribution in [0.2, 0.25) is 0 Å². The number of nitrogens with zero attached hydrogens (tertiary/aromatic N) is 16. The number of likely N-dealkylation sites (tertiary alicyclic amines) is 3. The molecule has 6 saturated heterocycles. The molecule has 0 spiro atoms. The largest absolute Gasteiger partial charge is 0.435 e. The number of halogens is 9. The number of carbonyl (C=O) groups excluding carboxylic acids is 4. The quantitative estimate of drug-likeness (QED) is 0.0386. The lowest BCUT2D eigenvalue weighted by molar-refractivity contribution is -0.138. The fraction of sp³-hybridized carbons (Fsp3) is 0.345. The highest BCUT2D eigenvalue weighted by Crippen LogP contribution is 2.42. The van der Waals surface area contributed by atoms with Crippen LogP contribution in [0.4, 0.5) is 74.2 Å². The van der Waals surface area contributed by atoms with Gasteiger partial charge in [0.1, 0.15) is 41.5 Å². The highest BCUT2D eigenvalue weighted by atomic mass is 19.4. The number of fused-ring (bicyclic) bond motifs is 3. The molecular formula is C87H89F9N22O7. The fourth-order valence-electron chi connectivity index (χ4n) is 15.2. The van der Waals surface area contributed by atoms with Crippen molar-refractivity contribution >= 4 is 91.0 Å². The Morgan fingerprint density at radius 2 is 0.768 bits per heavy atom. The molecule has 0 atom stereocenters. The van der Waals surface area contributed by atoms with Crippen LogP contribution in [0.5, 0.6) is 34.9 Å². The molecule has 5 aromatic carbocycles. The molecule has 13 heterocycles. The van der Waals surface area contributed by atoms with Gasteiger partial charge in [0.05, 0.1) is 22.1 Å². The zero-order chi connectivity index (χ0) is 87.6. The van der Waals surface area contributed by atoms with Crippen molar-refractivity contribution in [2.24, 2.45) is 0 Å². The number of carbonyl (C=O) groups is 4. The Bertz CT molecular complexity index is 6040. The molecule has 7 aromatic heterocycles. The van der Waals surface area contributed by atoms with Gasteiger partial charge >= 0.3 is 6.18 Å². The molecule has 4 amide bonds. The number of aromatic amines is 3. The maximum Gasteiger partial charge on any atom is 0.416 e. The van der Waals surface area contributed by atoms with Gasteiger partial charge in [-0.1, -0.05) is 12.1 Å². The number of anilines is 6. The second-order valence-electron chi connectivity index (χ2n) is 31.8. The molecule has 12 aromatic rings. The van der Waals surface area contributed by atoms with Crippen LogP contribution in [-0.2, 0) is 19.3 Å². The molecule has 0 bridgehead atoms. The van der Waals surface area contributed by atoms with Gasteiger partial charge < -0.3 is 79.4 Å². The highest BCUT2D eigenvalue weighted by molar-refractivity contribution is 6.04. The van der Waals surface area contributed by atoms with E-state index in [9.17, 15) is 45.5 Å². The minimum Gasteiger partial charge on any atom is -0.435 e. The summed E-state index contributed by atoms with van der Waals surface area (Å²) >= 11 is 0. The monoisotopic (exact) mass is 1720 g/mol. The minimum atomic E-state index is -4.63. The van der Waals surface area contributed by atoms with Crippen molar-refractivity contribution < 1.29 is 72.9 Å². The average molecular weight is 1730 g/mol. The molecule has 18 rings (SSSR count). The Kier molecular flexibility index (Phi) is 24.9. The lowest BCUT2D eigenvalue weighted by Gasteiger charge is -2.33. The van der Waals surface area contributed by atoms with Crippen molar-refractivity contribution in [1.82, 2.24) is 93.9 Å². The molecule has 0 saturated carbocycles. The van der Waals surface area contributed by atoms with Crippen molar-refractivity contribution in [3.8, 4) is 34.9 Å². The van der Waals surface area contributed by atoms with Crippen LogP contribution >= 0.6 is 0 Å². The summed E-state index contributed by atoms with van der Waals surface area (Å²) in [5, 5.41) is 9.07. The fourth-order valence-corrected chi connectivity index (χ4v) is 15.2. The number of ether oxygens (including phenoxy) is 3. The van der Waals surface area contributed by atoms with E-state index in [1.54, 1.807) is 61.0 Å². The maximum absolute atomic E-state index is 15.4. The van der Waals surface area contributed by atoms with Gasteiger partial charge in [0.2, 0.25) is 17.6 Å². The number of hydrogen-bond acceptors (Lipinski definition) is 22. The highest BCUT2D eigenvalue weighted by Gasteiger charge is 2.38. The smallest absolute Gasteiger partial charge is 0.416 e. The molecule has 6 fully saturated rings. The standard InChI is InChI=1S/C30H30F5N7O2.C29H29F2N7O3.C28H30F2N8O2/c1-17-12-20-25(32)23(14-22(31)26(20)38-17)44-28-24(29(43)42-6-3-7-42)27(36-16-37-28)39-19-5-4-18(21(13-19)30(33,34)35)15-41-10-8-40(2)9-11-41;1-17-14-20-24(31)22(15-21(30)25(20)34-17)41-27-23(29(40)37-8-3-9-37)26(32-16-33-27)35-19-6-4-18(5-7-19)28(39)38-12-10-36(2)11-13-38;1-17-12-19-24(30)21(13-20(29)25(19)34-17)40-27-23(28(39)38-6-3-7-38)26(32-16-33-27)35-22-5-4-18(14-31-22)15-37-10-8-36(2)9-11-37/h4-5,12-14,16,38H,3,6-11,15H2,1-2H3,(H,36,37,39);4-7,14-16,34H,3,8-13H2,1-2H3,(H,32,33,35);4-5,12-14,16,34H,3,6-11,15H2,1-2H3,(H,31,32,33,35). The third-order valence-electron chi connectivity index (χ3n) is 22.8. The lowest BCUT2D eigenvalue weighted by atomic mass is 10.0. The van der Waals surface area contributed by atoms with Gasteiger partial charge in [-0.15, -0.1) is 0 Å². The summed E-state index contributed by atoms with van der Waals surface area (Å²) in [7, 11) is 6.13. The number of amides is 4. The molecule has 29 nitrogen and oxygen atoms in total. The molecule has 6 N–H and O–H groups in total. The number of pyridine rings is 1. The third-order valence-corrected chi connectivity index (χ3v) is 22.8. The second-order valence-corrected chi connectivity index (χ2v) is 31.8. The summed E-state index contributed by atoms with van der Waals surface area (Å²) in [6, 6.07) is 21.7. The summed E-state index contributed by atoms with van der Waals surface area (Å²) in [4.78, 5) is 109. The first-order chi connectivity index (χ1) is 60.1. The van der Waals surface area contributed by atoms with Gasteiger partial charge in [0, 0.05) is 205 Å². The Morgan fingerprint density at radius 3 is 1.14 bits per heavy atom. The van der Waals surface area contributed by atoms with Crippen LogP contribution in [0.3, 0.4) is 0 Å². The van der Waals surface area contributed by atoms with Crippen LogP contribution in [0.15, 0.2) is 116 Å². The molecule has 0 radical (unpaired) electrons. The Hall–Kier alpha value is -13.0. The van der Waals surface area contributed by atoms with Gasteiger partial charge in [-0.05, 0) is 133 Å². The van der Waals surface area contributed by atoms with Crippen LogP contribution in [0, 0.1) is 55.7 Å². The van der Waals surface area contributed by atoms with Crippen molar-refractivity contribution in [3.05, 3.63) is 207 Å². The number of piperazine rings is 3. The predicted octanol–water partition coefficient (Wildman–Crippen LogP) is 14.1. The molecule has 6 aliphatic heterocycles. The minimum absolute atomic E-state index is 0.00468. The number of H-pyrrole nitrogens is 3. The first kappa shape index (κ1) is 85.5. The van der Waals surface area contributed by atoms with Crippen LogP contribution in [-0.4, -0.2) is 257 Å². The predicted molar refractivity (Wildman–Crippen MR) is 448 cm³/mol. The number of aryl methyl sites for hydroxylation is 3. The summed E-state index contributed by atoms with van der Waals surface area (Å²) in [6.07, 6.45) is 3.07. The SMILES string of the molecule is Cc1cc2c(F)c(Oc3ncnc(Nc4ccc(C(=O)N5CCN(C)CC5)cc4)c3C(=O)N3CCC3)cc(F)c2[nH]1.Cc1cc2c(F)c(Oc3ncnc(Nc4ccc(CN5CCN(C)CC5)c(C(F)(F)F)c4)c3C(=O)N3CCC3)cc(F)c2[nH]1.Cc1cc2c(F)c(Oc3ncnc(Nc4ccc(CN5CCN(C)CC5)cn4)c3C(=O)N3CCC3)cc(F)c2[nH]1. The van der Waals surface area contributed by atoms with Crippen molar-refractivity contribution in [1.29, 1.82) is 0 Å². The number of benzene rings is 5. The molecule has 0 unspecified atom stereocenters. The molecule has 0 aliphatic carbocycles. The Morgan fingerprint density at radius 1 is 0.400 bits per heavy atom. The number of alkyl halides is 3. The van der Waals surface area contributed by atoms with Crippen LogP contribution < -0.4 is 30.2 Å². The average Bonchev–Trinajstić information content (AvgIpc) is 1.66. The van der Waals surface area contributed by atoms with E-state index in [4.69, 9.17) is 14.2 Å². The number of nitrogens with one attached hydrogen (secondary N) is 6. The summed E-state index contributed by atoms with van der Waals surface area (Å²) in [5.74, 6) is -7.28.